The molecule has 2 fully saturated rings. The summed E-state index contributed by atoms with van der Waals surface area (Å²) in [5.41, 5.74) is 1.78. The summed E-state index contributed by atoms with van der Waals surface area (Å²) >= 11 is 6.02. The summed E-state index contributed by atoms with van der Waals surface area (Å²) in [6.45, 7) is 3.47. The highest BCUT2D eigenvalue weighted by atomic mass is 35.5. The monoisotopic (exact) mass is 370 g/mol. The molecule has 1 atom stereocenters. The van der Waals surface area contributed by atoms with Gasteiger partial charge in [-0.2, -0.15) is 0 Å². The van der Waals surface area contributed by atoms with Gasteiger partial charge in [0.25, 0.3) is 5.91 Å². The zero-order valence-electron chi connectivity index (χ0n) is 14.4. The topological polar surface area (TPSA) is 45.1 Å². The van der Waals surface area contributed by atoms with Gasteiger partial charge in [0.1, 0.15) is 0 Å². The maximum absolute atomic E-state index is 12.9. The molecule has 1 unspecified atom stereocenters. The number of carbonyl (C=O) groups is 2. The first-order valence-corrected chi connectivity index (χ1v) is 9.28. The Hall–Kier alpha value is -2.37. The van der Waals surface area contributed by atoms with E-state index in [1.165, 1.54) is 15.5 Å². The van der Waals surface area contributed by atoms with Crippen LogP contribution in [0.2, 0.25) is 5.02 Å². The number of halogens is 1. The Balaban J connectivity index is 1.45. The van der Waals surface area contributed by atoms with Crippen LogP contribution in [0, 0.1) is 0 Å². The van der Waals surface area contributed by atoms with E-state index in [9.17, 15) is 9.59 Å². The van der Waals surface area contributed by atoms with Gasteiger partial charge in [-0.25, -0.2) is 4.90 Å². The van der Waals surface area contributed by atoms with E-state index in [2.05, 4.69) is 17.0 Å². The van der Waals surface area contributed by atoms with E-state index < -0.39 is 0 Å². The molecule has 2 aliphatic heterocycles. The molecular weight excluding hydrogens is 350 g/mol. The summed E-state index contributed by atoms with van der Waals surface area (Å²) in [6, 6.07) is 16.9. The standard InChI is InChI=1S/C20H20ClN3O2/c21-15-5-4-8-17(13-15)24-19(25)14-18(20(24)26)23-11-9-22(10-12-23)16-6-2-1-3-7-16/h1-8,13,18H,9-12,14H2/p+1. The molecule has 0 radical (unpaired) electrons. The van der Waals surface area contributed by atoms with Gasteiger partial charge in [0.2, 0.25) is 5.91 Å². The van der Waals surface area contributed by atoms with Crippen LogP contribution in [0.1, 0.15) is 6.42 Å². The van der Waals surface area contributed by atoms with Crippen LogP contribution in [-0.4, -0.2) is 44.0 Å². The van der Waals surface area contributed by atoms with Crippen molar-refractivity contribution in [3.63, 3.8) is 0 Å². The number of imide groups is 1. The van der Waals surface area contributed by atoms with Gasteiger partial charge in [-0.15, -0.1) is 0 Å². The van der Waals surface area contributed by atoms with Crippen molar-refractivity contribution in [1.29, 1.82) is 0 Å². The molecule has 26 heavy (non-hydrogen) atoms. The second-order valence-corrected chi connectivity index (χ2v) is 7.22. The SMILES string of the molecule is O=C1CC([NH+]2CCN(c3ccccc3)CC2)C(=O)N1c1cccc(Cl)c1. The van der Waals surface area contributed by atoms with Gasteiger partial charge in [0.15, 0.2) is 6.04 Å². The number of para-hydroxylation sites is 1. The zero-order valence-corrected chi connectivity index (χ0v) is 15.2. The number of nitrogens with one attached hydrogen (secondary N) is 1. The second-order valence-electron chi connectivity index (χ2n) is 6.78. The van der Waals surface area contributed by atoms with Crippen LogP contribution in [-0.2, 0) is 9.59 Å². The third-order valence-electron chi connectivity index (χ3n) is 5.23. The lowest BCUT2D eigenvalue weighted by molar-refractivity contribution is -0.915. The van der Waals surface area contributed by atoms with Gasteiger partial charge in [-0.3, -0.25) is 9.59 Å². The molecule has 0 saturated carbocycles. The molecule has 134 valence electrons. The highest BCUT2D eigenvalue weighted by Crippen LogP contribution is 2.25. The van der Waals surface area contributed by atoms with Gasteiger partial charge < -0.3 is 9.80 Å². The van der Waals surface area contributed by atoms with E-state index >= 15 is 0 Å². The van der Waals surface area contributed by atoms with E-state index in [0.29, 0.717) is 10.7 Å². The van der Waals surface area contributed by atoms with Crippen LogP contribution < -0.4 is 14.7 Å². The van der Waals surface area contributed by atoms with Gasteiger partial charge in [0.05, 0.1) is 38.3 Å². The lowest BCUT2D eigenvalue weighted by Gasteiger charge is -2.35. The Bertz CT molecular complexity index is 819. The van der Waals surface area contributed by atoms with E-state index in [4.69, 9.17) is 11.6 Å². The van der Waals surface area contributed by atoms with Gasteiger partial charge >= 0.3 is 0 Å². The van der Waals surface area contributed by atoms with Crippen molar-refractivity contribution in [2.75, 3.05) is 36.0 Å². The zero-order chi connectivity index (χ0) is 18.1. The molecule has 2 aromatic carbocycles. The fraction of sp³-hybridized carbons (Fsp3) is 0.300. The highest BCUT2D eigenvalue weighted by molar-refractivity contribution is 6.31. The minimum atomic E-state index is -0.292. The molecule has 1 N–H and O–H groups in total. The maximum Gasteiger partial charge on any atom is 0.292 e. The summed E-state index contributed by atoms with van der Waals surface area (Å²) in [7, 11) is 0. The lowest BCUT2D eigenvalue weighted by atomic mass is 10.1. The van der Waals surface area contributed by atoms with Crippen molar-refractivity contribution >= 4 is 34.8 Å². The molecule has 0 spiro atoms. The number of nitrogens with zero attached hydrogens (tertiary/aromatic N) is 2. The number of benzene rings is 2. The van der Waals surface area contributed by atoms with E-state index in [1.54, 1.807) is 24.3 Å². The molecule has 0 aromatic heterocycles. The molecule has 2 aromatic rings. The van der Waals surface area contributed by atoms with E-state index in [1.807, 2.05) is 18.2 Å². The molecular formula is C20H21ClN3O2+. The predicted octanol–water partition coefficient (Wildman–Crippen LogP) is 1.38. The van der Waals surface area contributed by atoms with Crippen LogP contribution in [0.5, 0.6) is 0 Å². The van der Waals surface area contributed by atoms with Crippen molar-refractivity contribution in [2.24, 2.45) is 0 Å². The number of quaternary nitrogens is 1. The van der Waals surface area contributed by atoms with Gasteiger partial charge in [0, 0.05) is 10.7 Å². The van der Waals surface area contributed by atoms with E-state index in [-0.39, 0.29) is 24.3 Å². The maximum atomic E-state index is 12.9. The molecule has 0 aliphatic carbocycles. The number of hydrogen-bond acceptors (Lipinski definition) is 3. The Labute approximate surface area is 157 Å². The van der Waals surface area contributed by atoms with Crippen LogP contribution >= 0.6 is 11.6 Å². The van der Waals surface area contributed by atoms with Crippen molar-refractivity contribution in [3.05, 3.63) is 59.6 Å². The normalized spacial score (nSPS) is 21.5. The van der Waals surface area contributed by atoms with E-state index in [0.717, 1.165) is 26.2 Å². The summed E-state index contributed by atoms with van der Waals surface area (Å²) in [5, 5.41) is 0.523. The highest BCUT2D eigenvalue weighted by Gasteiger charge is 2.46. The molecule has 6 heteroatoms. The molecule has 0 bridgehead atoms. The number of anilines is 2. The van der Waals surface area contributed by atoms with Crippen LogP contribution in [0.25, 0.3) is 0 Å². The van der Waals surface area contributed by atoms with Crippen LogP contribution in [0.3, 0.4) is 0 Å². The van der Waals surface area contributed by atoms with Crippen molar-refractivity contribution in [2.45, 2.75) is 12.5 Å². The second kappa shape index (κ2) is 7.09. The van der Waals surface area contributed by atoms with Crippen molar-refractivity contribution in [3.8, 4) is 0 Å². The van der Waals surface area contributed by atoms with Crippen LogP contribution in [0.15, 0.2) is 54.6 Å². The molecule has 2 amide bonds. The molecule has 5 nitrogen and oxygen atoms in total. The summed E-state index contributed by atoms with van der Waals surface area (Å²) < 4.78 is 0. The minimum Gasteiger partial charge on any atom is -0.360 e. The lowest BCUT2D eigenvalue weighted by Crippen LogP contribution is -3.19. The number of rotatable bonds is 3. The predicted molar refractivity (Wildman–Crippen MR) is 102 cm³/mol. The van der Waals surface area contributed by atoms with Crippen LogP contribution in [0.4, 0.5) is 11.4 Å². The third kappa shape index (κ3) is 3.20. The summed E-state index contributed by atoms with van der Waals surface area (Å²) in [4.78, 5) is 30.2. The fourth-order valence-corrected chi connectivity index (χ4v) is 4.06. The Kier molecular flexibility index (Phi) is 4.66. The average molecular weight is 371 g/mol. The molecule has 2 heterocycles. The smallest absolute Gasteiger partial charge is 0.292 e. The number of amides is 2. The first kappa shape index (κ1) is 17.1. The van der Waals surface area contributed by atoms with Gasteiger partial charge in [-0.05, 0) is 30.3 Å². The average Bonchev–Trinajstić information content (AvgIpc) is 2.97. The fourth-order valence-electron chi connectivity index (χ4n) is 3.88. The third-order valence-corrected chi connectivity index (χ3v) is 5.47. The first-order chi connectivity index (χ1) is 12.6. The number of piperazine rings is 1. The first-order valence-electron chi connectivity index (χ1n) is 8.90. The summed E-state index contributed by atoms with van der Waals surface area (Å²) in [6.07, 6.45) is 0.270. The Morgan fingerprint density at radius 2 is 1.62 bits per heavy atom. The largest absolute Gasteiger partial charge is 0.360 e. The Morgan fingerprint density at radius 3 is 2.31 bits per heavy atom. The minimum absolute atomic E-state index is 0.111. The Morgan fingerprint density at radius 1 is 0.923 bits per heavy atom. The number of hydrogen-bond donors (Lipinski definition) is 1. The van der Waals surface area contributed by atoms with Crippen molar-refractivity contribution < 1.29 is 14.5 Å². The van der Waals surface area contributed by atoms with Crippen molar-refractivity contribution in [1.82, 2.24) is 0 Å². The molecule has 2 saturated heterocycles. The molecule has 2 aliphatic rings. The van der Waals surface area contributed by atoms with Gasteiger partial charge in [-0.1, -0.05) is 35.9 Å². The summed E-state index contributed by atoms with van der Waals surface area (Å²) in [5.74, 6) is -0.249. The molecule has 4 rings (SSSR count). The quantitative estimate of drug-likeness (QED) is 0.830. The number of carbonyl (C=O) groups excluding carboxylic acids is 2.